The number of unbranched alkanes of at least 4 members (excludes halogenated alkanes) is 2. The Morgan fingerprint density at radius 1 is 0.909 bits per heavy atom. The summed E-state index contributed by atoms with van der Waals surface area (Å²) in [7, 11) is 0. The molecule has 0 atom stereocenters. The summed E-state index contributed by atoms with van der Waals surface area (Å²) in [5.41, 5.74) is 0. The second-order valence-corrected chi connectivity index (χ2v) is 5.84. The Kier molecular flexibility index (Phi) is 4.81. The van der Waals surface area contributed by atoms with Gasteiger partial charge in [0, 0.05) is 15.8 Å². The molecule has 0 aliphatic rings. The molecule has 3 aromatic rings. The lowest BCUT2D eigenvalue weighted by Gasteiger charge is -2.12. The molecular formula is C19H19ClO2. The zero-order valence-corrected chi connectivity index (χ0v) is 13.4. The van der Waals surface area contributed by atoms with Crippen molar-refractivity contribution >= 4 is 33.1 Å². The first-order valence-corrected chi connectivity index (χ1v) is 8.08. The Hall–Kier alpha value is -1.77. The van der Waals surface area contributed by atoms with Gasteiger partial charge >= 0.3 is 0 Å². The van der Waals surface area contributed by atoms with E-state index in [0.717, 1.165) is 46.6 Å². The van der Waals surface area contributed by atoms with E-state index in [0.29, 0.717) is 11.6 Å². The van der Waals surface area contributed by atoms with Crippen LogP contribution in [-0.4, -0.2) is 6.61 Å². The van der Waals surface area contributed by atoms with E-state index in [9.17, 15) is 0 Å². The molecule has 3 aromatic carbocycles. The van der Waals surface area contributed by atoms with Crippen LogP contribution in [-0.2, 0) is 4.89 Å². The molecule has 0 aromatic heterocycles. The van der Waals surface area contributed by atoms with Gasteiger partial charge in [-0.3, -0.25) is 0 Å². The maximum Gasteiger partial charge on any atom is 0.181 e. The van der Waals surface area contributed by atoms with E-state index < -0.39 is 0 Å². The van der Waals surface area contributed by atoms with Crippen molar-refractivity contribution in [3.8, 4) is 5.75 Å². The standard InChI is InChI=1S/C19H19ClO2/c1-2-3-6-11-21-22-19-17-8-5-4-7-14(17)12-15-9-10-16(20)13-18(15)19/h4-5,7-10,12-13H,2-3,6,11H2,1H3. The molecule has 0 fully saturated rings. The lowest BCUT2D eigenvalue weighted by atomic mass is 10.0. The zero-order chi connectivity index (χ0) is 15.4. The largest absolute Gasteiger partial charge is 0.336 e. The fraction of sp³-hybridized carbons (Fsp3) is 0.263. The van der Waals surface area contributed by atoms with Crippen molar-refractivity contribution in [2.45, 2.75) is 26.2 Å². The number of hydrogen-bond donors (Lipinski definition) is 0. The number of benzene rings is 3. The topological polar surface area (TPSA) is 18.5 Å². The van der Waals surface area contributed by atoms with E-state index >= 15 is 0 Å². The van der Waals surface area contributed by atoms with Gasteiger partial charge in [0.25, 0.3) is 0 Å². The van der Waals surface area contributed by atoms with Gasteiger partial charge in [0.1, 0.15) is 0 Å². The minimum Gasteiger partial charge on any atom is -0.336 e. The van der Waals surface area contributed by atoms with Crippen LogP contribution in [0.5, 0.6) is 5.75 Å². The number of hydrogen-bond acceptors (Lipinski definition) is 2. The average Bonchev–Trinajstić information content (AvgIpc) is 2.54. The highest BCUT2D eigenvalue weighted by atomic mass is 35.5. The second kappa shape index (κ2) is 6.99. The van der Waals surface area contributed by atoms with E-state index in [2.05, 4.69) is 19.1 Å². The maximum atomic E-state index is 6.15. The van der Waals surface area contributed by atoms with Crippen LogP contribution < -0.4 is 4.89 Å². The van der Waals surface area contributed by atoms with Crippen molar-refractivity contribution in [1.82, 2.24) is 0 Å². The molecule has 3 heteroatoms. The van der Waals surface area contributed by atoms with Crippen molar-refractivity contribution < 1.29 is 9.78 Å². The summed E-state index contributed by atoms with van der Waals surface area (Å²) < 4.78 is 0. The van der Waals surface area contributed by atoms with Gasteiger partial charge in [-0.2, -0.15) is 4.89 Å². The average molecular weight is 315 g/mol. The number of rotatable bonds is 6. The highest BCUT2D eigenvalue weighted by Gasteiger charge is 2.10. The molecule has 0 heterocycles. The normalized spacial score (nSPS) is 11.2. The molecule has 22 heavy (non-hydrogen) atoms. The summed E-state index contributed by atoms with van der Waals surface area (Å²) in [5, 5.41) is 4.92. The number of halogens is 1. The SMILES string of the molecule is CCCCCOOc1c2ccccc2cc2ccc(Cl)cc12. The van der Waals surface area contributed by atoms with Crippen molar-refractivity contribution in [2.24, 2.45) is 0 Å². The molecule has 0 unspecified atom stereocenters. The fourth-order valence-electron chi connectivity index (χ4n) is 2.59. The molecule has 0 aliphatic carbocycles. The van der Waals surface area contributed by atoms with E-state index in [1.165, 1.54) is 0 Å². The van der Waals surface area contributed by atoms with Crippen LogP contribution >= 0.6 is 11.6 Å². The highest BCUT2D eigenvalue weighted by Crippen LogP contribution is 2.36. The molecule has 0 spiro atoms. The molecule has 0 saturated heterocycles. The van der Waals surface area contributed by atoms with E-state index in [-0.39, 0.29) is 0 Å². The second-order valence-electron chi connectivity index (χ2n) is 5.40. The van der Waals surface area contributed by atoms with Gasteiger partial charge < -0.3 is 4.89 Å². The molecule has 0 amide bonds. The van der Waals surface area contributed by atoms with Crippen LogP contribution in [0.15, 0.2) is 48.5 Å². The monoisotopic (exact) mass is 314 g/mol. The molecule has 0 bridgehead atoms. The van der Waals surface area contributed by atoms with Gasteiger partial charge in [0.05, 0.1) is 6.61 Å². The quantitative estimate of drug-likeness (QED) is 0.235. The predicted molar refractivity (Wildman–Crippen MR) is 92.6 cm³/mol. The van der Waals surface area contributed by atoms with Crippen molar-refractivity contribution in [1.29, 1.82) is 0 Å². The summed E-state index contributed by atoms with van der Waals surface area (Å²) in [6.07, 6.45) is 3.31. The molecule has 0 radical (unpaired) electrons. The molecule has 0 N–H and O–H groups in total. The Morgan fingerprint density at radius 3 is 2.59 bits per heavy atom. The Morgan fingerprint density at radius 2 is 1.73 bits per heavy atom. The van der Waals surface area contributed by atoms with Gasteiger partial charge in [0.15, 0.2) is 5.75 Å². The molecule has 0 saturated carbocycles. The smallest absolute Gasteiger partial charge is 0.181 e. The summed E-state index contributed by atoms with van der Waals surface area (Å²) >= 11 is 6.15. The highest BCUT2D eigenvalue weighted by molar-refractivity contribution is 6.31. The van der Waals surface area contributed by atoms with Gasteiger partial charge in [-0.15, -0.1) is 0 Å². The molecule has 0 aliphatic heterocycles. The van der Waals surface area contributed by atoms with Crippen LogP contribution in [0, 0.1) is 0 Å². The number of fused-ring (bicyclic) bond motifs is 2. The minimum absolute atomic E-state index is 0.596. The summed E-state index contributed by atoms with van der Waals surface area (Å²) in [4.78, 5) is 11.1. The summed E-state index contributed by atoms with van der Waals surface area (Å²) in [5.74, 6) is 0.743. The van der Waals surface area contributed by atoms with Crippen LogP contribution in [0.3, 0.4) is 0 Å². The minimum atomic E-state index is 0.596. The Labute approximate surface area is 135 Å². The predicted octanol–water partition coefficient (Wildman–Crippen LogP) is 6.15. The molecule has 2 nitrogen and oxygen atoms in total. The summed E-state index contributed by atoms with van der Waals surface area (Å²) in [6, 6.07) is 16.1. The van der Waals surface area contributed by atoms with Crippen molar-refractivity contribution in [2.75, 3.05) is 6.61 Å². The molecule has 114 valence electrons. The zero-order valence-electron chi connectivity index (χ0n) is 12.6. The lowest BCUT2D eigenvalue weighted by Crippen LogP contribution is -2.00. The van der Waals surface area contributed by atoms with Gasteiger partial charge in [-0.25, -0.2) is 0 Å². The first kappa shape index (κ1) is 15.1. The fourth-order valence-corrected chi connectivity index (χ4v) is 2.77. The first-order valence-electron chi connectivity index (χ1n) is 7.70. The summed E-state index contributed by atoms with van der Waals surface area (Å²) in [6.45, 7) is 2.76. The van der Waals surface area contributed by atoms with Gasteiger partial charge in [0.2, 0.25) is 0 Å². The molecular weight excluding hydrogens is 296 g/mol. The van der Waals surface area contributed by atoms with Crippen molar-refractivity contribution in [3.63, 3.8) is 0 Å². The lowest BCUT2D eigenvalue weighted by molar-refractivity contribution is -0.205. The Bertz CT molecular complexity index is 783. The Balaban J connectivity index is 2.00. The van der Waals surface area contributed by atoms with E-state index in [1.807, 2.05) is 36.4 Å². The molecule has 3 rings (SSSR count). The third-order valence-electron chi connectivity index (χ3n) is 3.75. The van der Waals surface area contributed by atoms with E-state index in [4.69, 9.17) is 21.4 Å². The van der Waals surface area contributed by atoms with Gasteiger partial charge in [-0.1, -0.05) is 61.7 Å². The van der Waals surface area contributed by atoms with Crippen LogP contribution in [0.25, 0.3) is 21.5 Å². The maximum absolute atomic E-state index is 6.15. The van der Waals surface area contributed by atoms with Crippen LogP contribution in [0.4, 0.5) is 0 Å². The van der Waals surface area contributed by atoms with Gasteiger partial charge in [-0.05, 0) is 35.4 Å². The van der Waals surface area contributed by atoms with Crippen molar-refractivity contribution in [3.05, 3.63) is 53.6 Å². The van der Waals surface area contributed by atoms with Crippen LogP contribution in [0.1, 0.15) is 26.2 Å². The third kappa shape index (κ3) is 3.18. The third-order valence-corrected chi connectivity index (χ3v) is 3.98. The first-order chi connectivity index (χ1) is 10.8. The van der Waals surface area contributed by atoms with E-state index in [1.54, 1.807) is 0 Å². The van der Waals surface area contributed by atoms with Crippen LogP contribution in [0.2, 0.25) is 5.02 Å².